The summed E-state index contributed by atoms with van der Waals surface area (Å²) in [6.07, 6.45) is 1.58. The maximum atomic E-state index is 4.19. The topological polar surface area (TPSA) is 49.8 Å². The lowest BCUT2D eigenvalue weighted by atomic mass is 9.97. The van der Waals surface area contributed by atoms with E-state index in [0.29, 0.717) is 6.04 Å². The lowest BCUT2D eigenvalue weighted by molar-refractivity contribution is 0.442. The predicted octanol–water partition coefficient (Wildman–Crippen LogP) is 2.75. The lowest BCUT2D eigenvalue weighted by Crippen LogP contribution is -2.20. The summed E-state index contributed by atoms with van der Waals surface area (Å²) in [7, 11) is 0. The highest BCUT2D eigenvalue weighted by Gasteiger charge is 2.10. The van der Waals surface area contributed by atoms with Gasteiger partial charge in [0.2, 0.25) is 0 Å². The van der Waals surface area contributed by atoms with E-state index in [2.05, 4.69) is 55.2 Å². The van der Waals surface area contributed by atoms with Gasteiger partial charge in [0.25, 0.3) is 0 Å². The Hall–Kier alpha value is -1.32. The monoisotopic (exact) mass is 222 g/mol. The highest BCUT2D eigenvalue weighted by Crippen LogP contribution is 2.15. The van der Waals surface area contributed by atoms with Gasteiger partial charge in [-0.25, -0.2) is 9.97 Å². The Morgan fingerprint density at radius 1 is 1.19 bits per heavy atom. The van der Waals surface area contributed by atoms with Crippen LogP contribution < -0.4 is 10.6 Å². The Bertz CT molecular complexity index is 328. The van der Waals surface area contributed by atoms with Gasteiger partial charge in [-0.05, 0) is 19.3 Å². The molecule has 1 rings (SSSR count). The van der Waals surface area contributed by atoms with E-state index in [1.165, 1.54) is 0 Å². The SMILES string of the molecule is CC(C)Nc1cc(NCC(C)(C)C)ncn1. The Morgan fingerprint density at radius 3 is 2.38 bits per heavy atom. The van der Waals surface area contributed by atoms with E-state index in [-0.39, 0.29) is 5.41 Å². The van der Waals surface area contributed by atoms with Crippen LogP contribution in [0.2, 0.25) is 0 Å². The van der Waals surface area contributed by atoms with E-state index >= 15 is 0 Å². The Kier molecular flexibility index (Phi) is 4.10. The van der Waals surface area contributed by atoms with E-state index in [1.807, 2.05) is 6.07 Å². The number of hydrogen-bond acceptors (Lipinski definition) is 4. The first-order valence-corrected chi connectivity index (χ1v) is 5.69. The molecule has 0 aromatic carbocycles. The summed E-state index contributed by atoms with van der Waals surface area (Å²) in [6.45, 7) is 11.6. The van der Waals surface area contributed by atoms with E-state index in [1.54, 1.807) is 6.33 Å². The van der Waals surface area contributed by atoms with E-state index < -0.39 is 0 Å². The quantitative estimate of drug-likeness (QED) is 0.822. The Labute approximate surface area is 97.9 Å². The molecule has 0 spiro atoms. The van der Waals surface area contributed by atoms with Crippen molar-refractivity contribution in [2.45, 2.75) is 40.7 Å². The molecule has 0 saturated heterocycles. The highest BCUT2D eigenvalue weighted by atomic mass is 15.1. The molecule has 2 N–H and O–H groups in total. The second kappa shape index (κ2) is 5.14. The second-order valence-electron chi connectivity index (χ2n) is 5.50. The summed E-state index contributed by atoms with van der Waals surface area (Å²) in [4.78, 5) is 8.35. The van der Waals surface area contributed by atoms with Crippen LogP contribution >= 0.6 is 0 Å². The van der Waals surface area contributed by atoms with Crippen molar-refractivity contribution in [2.75, 3.05) is 17.2 Å². The van der Waals surface area contributed by atoms with Gasteiger partial charge in [-0.3, -0.25) is 0 Å². The number of hydrogen-bond donors (Lipinski definition) is 2. The molecule has 0 atom stereocenters. The molecule has 1 heterocycles. The van der Waals surface area contributed by atoms with Crippen LogP contribution in [0.3, 0.4) is 0 Å². The molecule has 1 aromatic heterocycles. The maximum Gasteiger partial charge on any atom is 0.131 e. The summed E-state index contributed by atoms with van der Waals surface area (Å²) in [5, 5.41) is 6.56. The van der Waals surface area contributed by atoms with E-state index in [0.717, 1.165) is 18.2 Å². The van der Waals surface area contributed by atoms with Crippen molar-refractivity contribution in [3.63, 3.8) is 0 Å². The van der Waals surface area contributed by atoms with Crippen LogP contribution in [-0.2, 0) is 0 Å². The lowest BCUT2D eigenvalue weighted by Gasteiger charge is -2.19. The zero-order valence-electron chi connectivity index (χ0n) is 10.8. The van der Waals surface area contributed by atoms with Gasteiger partial charge in [0.15, 0.2) is 0 Å². The normalized spacial score (nSPS) is 11.6. The van der Waals surface area contributed by atoms with Crippen LogP contribution in [-0.4, -0.2) is 22.6 Å². The van der Waals surface area contributed by atoms with Gasteiger partial charge >= 0.3 is 0 Å². The maximum absolute atomic E-state index is 4.19. The summed E-state index contributed by atoms with van der Waals surface area (Å²) >= 11 is 0. The van der Waals surface area contributed by atoms with Crippen LogP contribution in [0, 0.1) is 5.41 Å². The first-order valence-electron chi connectivity index (χ1n) is 5.69. The number of anilines is 2. The zero-order chi connectivity index (χ0) is 12.2. The zero-order valence-corrected chi connectivity index (χ0v) is 10.8. The average Bonchev–Trinajstić information content (AvgIpc) is 2.13. The van der Waals surface area contributed by atoms with Crippen molar-refractivity contribution in [3.05, 3.63) is 12.4 Å². The van der Waals surface area contributed by atoms with E-state index in [4.69, 9.17) is 0 Å². The minimum atomic E-state index is 0.247. The molecule has 1 aromatic rings. The number of aromatic nitrogens is 2. The fourth-order valence-electron chi connectivity index (χ4n) is 1.18. The number of nitrogens with zero attached hydrogens (tertiary/aromatic N) is 2. The van der Waals surface area contributed by atoms with Crippen LogP contribution in [0.1, 0.15) is 34.6 Å². The molecule has 4 nitrogen and oxygen atoms in total. The predicted molar refractivity (Wildman–Crippen MR) is 68.7 cm³/mol. The van der Waals surface area contributed by atoms with Crippen molar-refractivity contribution in [2.24, 2.45) is 5.41 Å². The molecule has 0 radical (unpaired) electrons. The third kappa shape index (κ3) is 4.96. The van der Waals surface area contributed by atoms with Crippen LogP contribution in [0.15, 0.2) is 12.4 Å². The Morgan fingerprint density at radius 2 is 1.81 bits per heavy atom. The summed E-state index contributed by atoms with van der Waals surface area (Å²) in [6, 6.07) is 2.32. The molecule has 90 valence electrons. The van der Waals surface area contributed by atoms with Crippen molar-refractivity contribution >= 4 is 11.6 Å². The fraction of sp³-hybridized carbons (Fsp3) is 0.667. The molecule has 0 amide bonds. The van der Waals surface area contributed by atoms with Crippen LogP contribution in [0.5, 0.6) is 0 Å². The minimum absolute atomic E-state index is 0.247. The van der Waals surface area contributed by atoms with Gasteiger partial charge < -0.3 is 10.6 Å². The molecular weight excluding hydrogens is 200 g/mol. The molecule has 0 aliphatic rings. The summed E-state index contributed by atoms with van der Waals surface area (Å²) in [5.74, 6) is 1.73. The second-order valence-corrected chi connectivity index (χ2v) is 5.50. The van der Waals surface area contributed by atoms with Crippen molar-refractivity contribution in [1.29, 1.82) is 0 Å². The van der Waals surface area contributed by atoms with Gasteiger partial charge in [0.05, 0.1) is 0 Å². The minimum Gasteiger partial charge on any atom is -0.369 e. The molecule has 0 saturated carbocycles. The number of nitrogens with one attached hydrogen (secondary N) is 2. The van der Waals surface area contributed by atoms with Crippen molar-refractivity contribution in [1.82, 2.24) is 9.97 Å². The van der Waals surface area contributed by atoms with Crippen LogP contribution in [0.4, 0.5) is 11.6 Å². The average molecular weight is 222 g/mol. The molecule has 0 aliphatic carbocycles. The molecule has 0 unspecified atom stereocenters. The summed E-state index contributed by atoms with van der Waals surface area (Å²) in [5.41, 5.74) is 0.247. The standard InChI is InChI=1S/C12H22N4/c1-9(2)16-11-6-10(14-8-15-11)13-7-12(3,4)5/h6,8-9H,7H2,1-5H3,(H2,13,14,15,16). The van der Waals surface area contributed by atoms with E-state index in [9.17, 15) is 0 Å². The first kappa shape index (κ1) is 12.7. The third-order valence-corrected chi connectivity index (χ3v) is 1.90. The molecule has 0 fully saturated rings. The fourth-order valence-corrected chi connectivity index (χ4v) is 1.18. The third-order valence-electron chi connectivity index (χ3n) is 1.90. The molecule has 0 bridgehead atoms. The van der Waals surface area contributed by atoms with Crippen molar-refractivity contribution in [3.8, 4) is 0 Å². The van der Waals surface area contributed by atoms with Gasteiger partial charge in [-0.2, -0.15) is 0 Å². The number of rotatable bonds is 4. The van der Waals surface area contributed by atoms with Gasteiger partial charge in [0.1, 0.15) is 18.0 Å². The molecule has 16 heavy (non-hydrogen) atoms. The first-order chi connectivity index (χ1) is 7.37. The molecule has 0 aliphatic heterocycles. The molecule has 4 heteroatoms. The van der Waals surface area contributed by atoms with Crippen molar-refractivity contribution < 1.29 is 0 Å². The largest absolute Gasteiger partial charge is 0.369 e. The van der Waals surface area contributed by atoms with Gasteiger partial charge in [0, 0.05) is 18.7 Å². The van der Waals surface area contributed by atoms with Crippen LogP contribution in [0.25, 0.3) is 0 Å². The summed E-state index contributed by atoms with van der Waals surface area (Å²) < 4.78 is 0. The van der Waals surface area contributed by atoms with Gasteiger partial charge in [-0.1, -0.05) is 20.8 Å². The van der Waals surface area contributed by atoms with Gasteiger partial charge in [-0.15, -0.1) is 0 Å². The highest BCUT2D eigenvalue weighted by molar-refractivity contribution is 5.46. The molecular formula is C12H22N4. The smallest absolute Gasteiger partial charge is 0.131 e. The Balaban J connectivity index is 2.60.